The molecule has 2 saturated heterocycles. The molecule has 2 aliphatic rings. The molecule has 0 bridgehead atoms. The fraction of sp³-hybridized carbons (Fsp3) is 0.500. The Morgan fingerprint density at radius 2 is 1.93 bits per heavy atom. The molecule has 7 heteroatoms. The lowest BCUT2D eigenvalue weighted by atomic mass is 9.96. The van der Waals surface area contributed by atoms with Crippen molar-refractivity contribution >= 4 is 5.91 Å². The van der Waals surface area contributed by atoms with Gasteiger partial charge in [0.15, 0.2) is 17.9 Å². The van der Waals surface area contributed by atoms with Crippen LogP contribution in [-0.4, -0.2) is 48.4 Å². The summed E-state index contributed by atoms with van der Waals surface area (Å²) in [5, 5.41) is 0. The number of aryl methyl sites for hydroxylation is 1. The molecule has 144 valence electrons. The van der Waals surface area contributed by atoms with Gasteiger partial charge in [0.1, 0.15) is 5.82 Å². The Morgan fingerprint density at radius 1 is 1.19 bits per heavy atom. The van der Waals surface area contributed by atoms with E-state index >= 15 is 0 Å². The Morgan fingerprint density at radius 3 is 2.67 bits per heavy atom. The number of carbonyl (C=O) groups is 1. The summed E-state index contributed by atoms with van der Waals surface area (Å²) in [5.74, 6) is 0.936. The SMILES string of the molecule is O=C(CCc1ncc(-c2ccccc2F)o1)N1CCC(C2OCCO2)CC1. The topological polar surface area (TPSA) is 64.8 Å². The molecule has 2 aromatic rings. The average molecular weight is 374 g/mol. The molecule has 2 aliphatic heterocycles. The van der Waals surface area contributed by atoms with Crippen LogP contribution in [0.4, 0.5) is 4.39 Å². The van der Waals surface area contributed by atoms with Crippen LogP contribution in [0.5, 0.6) is 0 Å². The van der Waals surface area contributed by atoms with Crippen molar-refractivity contribution < 1.29 is 23.1 Å². The summed E-state index contributed by atoms with van der Waals surface area (Å²) in [6, 6.07) is 6.40. The van der Waals surface area contributed by atoms with Gasteiger partial charge < -0.3 is 18.8 Å². The molecular formula is C20H23FN2O4. The van der Waals surface area contributed by atoms with E-state index in [0.717, 1.165) is 25.9 Å². The van der Waals surface area contributed by atoms with Crippen molar-refractivity contribution in [2.75, 3.05) is 26.3 Å². The predicted molar refractivity (Wildman–Crippen MR) is 95.2 cm³/mol. The summed E-state index contributed by atoms with van der Waals surface area (Å²) < 4.78 is 30.6. The molecule has 0 aliphatic carbocycles. The first kappa shape index (κ1) is 18.1. The second kappa shape index (κ2) is 8.19. The maximum absolute atomic E-state index is 13.8. The normalized spacial score (nSPS) is 18.9. The van der Waals surface area contributed by atoms with E-state index in [1.165, 1.54) is 12.3 Å². The van der Waals surface area contributed by atoms with E-state index in [-0.39, 0.29) is 18.0 Å². The van der Waals surface area contributed by atoms with E-state index in [4.69, 9.17) is 13.9 Å². The lowest BCUT2D eigenvalue weighted by Gasteiger charge is -2.33. The quantitative estimate of drug-likeness (QED) is 0.805. The molecule has 0 N–H and O–H groups in total. The number of piperidine rings is 1. The van der Waals surface area contributed by atoms with E-state index in [2.05, 4.69) is 4.98 Å². The molecule has 1 aromatic carbocycles. The standard InChI is InChI=1S/C20H23FN2O4/c21-16-4-2-1-3-15(16)17-13-22-18(27-17)5-6-19(24)23-9-7-14(8-10-23)20-25-11-12-26-20/h1-4,13-14,20H,5-12H2. The molecule has 0 atom stereocenters. The maximum Gasteiger partial charge on any atom is 0.223 e. The minimum Gasteiger partial charge on any atom is -0.441 e. The monoisotopic (exact) mass is 374 g/mol. The van der Waals surface area contributed by atoms with Gasteiger partial charge in [0.05, 0.1) is 25.0 Å². The second-order valence-electron chi connectivity index (χ2n) is 6.93. The highest BCUT2D eigenvalue weighted by molar-refractivity contribution is 5.76. The van der Waals surface area contributed by atoms with Gasteiger partial charge in [-0.3, -0.25) is 4.79 Å². The zero-order valence-electron chi connectivity index (χ0n) is 15.1. The van der Waals surface area contributed by atoms with Gasteiger partial charge in [-0.05, 0) is 25.0 Å². The van der Waals surface area contributed by atoms with E-state index in [0.29, 0.717) is 49.2 Å². The van der Waals surface area contributed by atoms with Crippen molar-refractivity contribution in [2.24, 2.45) is 5.92 Å². The number of amides is 1. The fourth-order valence-electron chi connectivity index (χ4n) is 3.65. The lowest BCUT2D eigenvalue weighted by Crippen LogP contribution is -2.41. The molecule has 0 unspecified atom stereocenters. The first-order valence-corrected chi connectivity index (χ1v) is 9.41. The lowest BCUT2D eigenvalue weighted by molar-refractivity contribution is -0.136. The van der Waals surface area contributed by atoms with Crippen LogP contribution in [-0.2, 0) is 20.7 Å². The van der Waals surface area contributed by atoms with Crippen LogP contribution in [0.25, 0.3) is 11.3 Å². The molecular weight excluding hydrogens is 351 g/mol. The molecule has 6 nitrogen and oxygen atoms in total. The average Bonchev–Trinajstić information content (AvgIpc) is 3.39. The summed E-state index contributed by atoms with van der Waals surface area (Å²) in [6.45, 7) is 2.77. The number of hydrogen-bond acceptors (Lipinski definition) is 5. The van der Waals surface area contributed by atoms with Crippen molar-refractivity contribution in [1.82, 2.24) is 9.88 Å². The number of nitrogens with zero attached hydrogens (tertiary/aromatic N) is 2. The largest absolute Gasteiger partial charge is 0.441 e. The van der Waals surface area contributed by atoms with Crippen molar-refractivity contribution in [3.8, 4) is 11.3 Å². The van der Waals surface area contributed by atoms with E-state index in [1.54, 1.807) is 18.2 Å². The second-order valence-corrected chi connectivity index (χ2v) is 6.93. The van der Waals surface area contributed by atoms with Gasteiger partial charge in [0, 0.05) is 31.8 Å². The van der Waals surface area contributed by atoms with Gasteiger partial charge in [-0.2, -0.15) is 0 Å². The molecule has 4 rings (SSSR count). The van der Waals surface area contributed by atoms with E-state index in [1.807, 2.05) is 4.90 Å². The highest BCUT2D eigenvalue weighted by atomic mass is 19.1. The molecule has 1 aromatic heterocycles. The zero-order chi connectivity index (χ0) is 18.6. The number of aromatic nitrogens is 1. The smallest absolute Gasteiger partial charge is 0.223 e. The third kappa shape index (κ3) is 4.20. The van der Waals surface area contributed by atoms with Crippen LogP contribution >= 0.6 is 0 Å². The number of hydrogen-bond donors (Lipinski definition) is 0. The van der Waals surface area contributed by atoms with Crippen molar-refractivity contribution in [3.63, 3.8) is 0 Å². The Kier molecular flexibility index (Phi) is 5.50. The minimum absolute atomic E-state index is 0.0901. The van der Waals surface area contributed by atoms with Gasteiger partial charge in [-0.25, -0.2) is 9.37 Å². The van der Waals surface area contributed by atoms with Gasteiger partial charge >= 0.3 is 0 Å². The summed E-state index contributed by atoms with van der Waals surface area (Å²) >= 11 is 0. The molecule has 27 heavy (non-hydrogen) atoms. The number of benzene rings is 1. The van der Waals surface area contributed by atoms with Gasteiger partial charge in [0.25, 0.3) is 0 Å². The summed E-state index contributed by atoms with van der Waals surface area (Å²) in [7, 11) is 0. The molecule has 0 saturated carbocycles. The Bertz CT molecular complexity index is 780. The summed E-state index contributed by atoms with van der Waals surface area (Å²) in [6.07, 6.45) is 3.93. The molecule has 0 spiro atoms. The number of oxazole rings is 1. The summed E-state index contributed by atoms with van der Waals surface area (Å²) in [4.78, 5) is 18.5. The van der Waals surface area contributed by atoms with E-state index in [9.17, 15) is 9.18 Å². The van der Waals surface area contributed by atoms with Crippen LogP contribution in [0, 0.1) is 11.7 Å². The number of ether oxygens (including phenoxy) is 2. The minimum atomic E-state index is -0.352. The van der Waals surface area contributed by atoms with Crippen LogP contribution in [0.1, 0.15) is 25.2 Å². The van der Waals surface area contributed by atoms with Crippen LogP contribution < -0.4 is 0 Å². The first-order chi connectivity index (χ1) is 13.2. The third-order valence-electron chi connectivity index (χ3n) is 5.17. The molecule has 2 fully saturated rings. The highest BCUT2D eigenvalue weighted by Gasteiger charge is 2.31. The Balaban J connectivity index is 1.27. The highest BCUT2D eigenvalue weighted by Crippen LogP contribution is 2.27. The van der Waals surface area contributed by atoms with Crippen LogP contribution in [0.15, 0.2) is 34.9 Å². The molecule has 3 heterocycles. The van der Waals surface area contributed by atoms with Crippen LogP contribution in [0.3, 0.4) is 0 Å². The van der Waals surface area contributed by atoms with Crippen LogP contribution in [0.2, 0.25) is 0 Å². The van der Waals surface area contributed by atoms with Gasteiger partial charge in [-0.15, -0.1) is 0 Å². The number of halogens is 1. The van der Waals surface area contributed by atoms with Crippen molar-refractivity contribution in [3.05, 3.63) is 42.2 Å². The molecule has 0 radical (unpaired) electrons. The van der Waals surface area contributed by atoms with E-state index < -0.39 is 0 Å². The predicted octanol–water partition coefficient (Wildman–Crippen LogP) is 3.02. The third-order valence-corrected chi connectivity index (χ3v) is 5.17. The van der Waals surface area contributed by atoms with Crippen molar-refractivity contribution in [1.29, 1.82) is 0 Å². The summed E-state index contributed by atoms with van der Waals surface area (Å²) in [5.41, 5.74) is 0.376. The fourth-order valence-corrected chi connectivity index (χ4v) is 3.65. The number of rotatable bonds is 5. The Labute approximate surface area is 157 Å². The number of likely N-dealkylation sites (tertiary alicyclic amines) is 1. The van der Waals surface area contributed by atoms with Gasteiger partial charge in [0.2, 0.25) is 5.91 Å². The molecule has 1 amide bonds. The Hall–Kier alpha value is -2.25. The first-order valence-electron chi connectivity index (χ1n) is 9.41. The zero-order valence-corrected chi connectivity index (χ0v) is 15.1. The van der Waals surface area contributed by atoms with Gasteiger partial charge in [-0.1, -0.05) is 12.1 Å². The van der Waals surface area contributed by atoms with Crippen molar-refractivity contribution in [2.45, 2.75) is 32.0 Å². The maximum atomic E-state index is 13.8. The number of carbonyl (C=O) groups excluding carboxylic acids is 1.